The molecule has 1 aromatic heterocycles. The SMILES string of the molecule is Cc1c(CC2C(S(=O)(=O)c3ccccc3)=CC=CC2C)c2c(n1CC(=O)O)CC(C)(C)CC2=O. The summed E-state index contributed by atoms with van der Waals surface area (Å²) >= 11 is 0. The molecule has 6 nitrogen and oxygen atoms in total. The number of benzene rings is 1. The zero-order chi connectivity index (χ0) is 24.8. The van der Waals surface area contributed by atoms with Crippen molar-refractivity contribution >= 4 is 21.6 Å². The number of fused-ring (bicyclic) bond motifs is 1. The summed E-state index contributed by atoms with van der Waals surface area (Å²) in [7, 11) is -3.72. The number of hydrogen-bond acceptors (Lipinski definition) is 4. The van der Waals surface area contributed by atoms with Gasteiger partial charge in [0.05, 0.1) is 9.80 Å². The number of rotatable bonds is 6. The number of ketones is 1. The van der Waals surface area contributed by atoms with Gasteiger partial charge in [-0.25, -0.2) is 8.42 Å². The Hall–Kier alpha value is -2.93. The summed E-state index contributed by atoms with van der Waals surface area (Å²) in [5.74, 6) is -1.39. The van der Waals surface area contributed by atoms with Crippen LogP contribution in [0, 0.1) is 24.2 Å². The molecule has 2 aliphatic carbocycles. The van der Waals surface area contributed by atoms with Crippen molar-refractivity contribution in [3.8, 4) is 0 Å². The predicted octanol–water partition coefficient (Wildman–Crippen LogP) is 4.76. The minimum atomic E-state index is -3.72. The molecule has 2 atom stereocenters. The van der Waals surface area contributed by atoms with Crippen LogP contribution in [0.4, 0.5) is 0 Å². The molecule has 0 fully saturated rings. The van der Waals surface area contributed by atoms with E-state index < -0.39 is 15.8 Å². The summed E-state index contributed by atoms with van der Waals surface area (Å²) in [5.41, 5.74) is 2.60. The molecular formula is C27H31NO5S. The fourth-order valence-corrected chi connectivity index (χ4v) is 7.12. The lowest BCUT2D eigenvalue weighted by Crippen LogP contribution is -2.29. The first-order valence-electron chi connectivity index (χ1n) is 11.6. The second-order valence-electron chi connectivity index (χ2n) is 10.2. The molecule has 0 saturated heterocycles. The van der Waals surface area contributed by atoms with Gasteiger partial charge in [-0.1, -0.05) is 51.1 Å². The quantitative estimate of drug-likeness (QED) is 0.642. The van der Waals surface area contributed by atoms with Crippen LogP contribution < -0.4 is 0 Å². The number of allylic oxidation sites excluding steroid dienone is 4. The first kappa shape index (κ1) is 24.2. The van der Waals surface area contributed by atoms with Crippen molar-refractivity contribution in [3.05, 3.63) is 76.0 Å². The Balaban J connectivity index is 1.82. The molecule has 0 radical (unpaired) electrons. The van der Waals surface area contributed by atoms with Crippen LogP contribution in [-0.2, 0) is 34.0 Å². The summed E-state index contributed by atoms with van der Waals surface area (Å²) in [6.45, 7) is 7.64. The molecule has 0 aliphatic heterocycles. The third-order valence-electron chi connectivity index (χ3n) is 7.08. The zero-order valence-corrected chi connectivity index (χ0v) is 20.9. The third-order valence-corrected chi connectivity index (χ3v) is 9.03. The molecule has 2 aromatic rings. The van der Waals surface area contributed by atoms with Gasteiger partial charge in [-0.3, -0.25) is 9.59 Å². The van der Waals surface area contributed by atoms with E-state index in [2.05, 4.69) is 0 Å². The molecule has 2 unspecified atom stereocenters. The molecule has 34 heavy (non-hydrogen) atoms. The average Bonchev–Trinajstić information content (AvgIpc) is 3.00. The minimum Gasteiger partial charge on any atom is -0.480 e. The molecule has 0 amide bonds. The van der Waals surface area contributed by atoms with Crippen LogP contribution in [0.25, 0.3) is 0 Å². The lowest BCUT2D eigenvalue weighted by atomic mass is 9.74. The summed E-state index contributed by atoms with van der Waals surface area (Å²) in [6.07, 6.45) is 6.77. The van der Waals surface area contributed by atoms with E-state index in [1.54, 1.807) is 47.1 Å². The highest BCUT2D eigenvalue weighted by Crippen LogP contribution is 2.42. The van der Waals surface area contributed by atoms with Gasteiger partial charge in [-0.05, 0) is 54.9 Å². The number of carbonyl (C=O) groups excluding carboxylic acids is 1. The van der Waals surface area contributed by atoms with Gasteiger partial charge >= 0.3 is 5.97 Å². The van der Waals surface area contributed by atoms with Crippen molar-refractivity contribution in [2.24, 2.45) is 17.3 Å². The topological polar surface area (TPSA) is 93.4 Å². The summed E-state index contributed by atoms with van der Waals surface area (Å²) in [5, 5.41) is 9.53. The largest absolute Gasteiger partial charge is 0.480 e. The van der Waals surface area contributed by atoms with Gasteiger partial charge in [0, 0.05) is 29.3 Å². The number of carboxylic acid groups (broad SMARTS) is 1. The van der Waals surface area contributed by atoms with E-state index in [4.69, 9.17) is 0 Å². The lowest BCUT2D eigenvalue weighted by Gasteiger charge is -2.31. The monoisotopic (exact) mass is 481 g/mol. The minimum absolute atomic E-state index is 0.00365. The maximum atomic E-state index is 13.6. The molecule has 4 rings (SSSR count). The molecule has 1 heterocycles. The normalized spacial score (nSPS) is 21.8. The van der Waals surface area contributed by atoms with E-state index in [0.29, 0.717) is 29.7 Å². The number of sulfone groups is 1. The maximum absolute atomic E-state index is 13.6. The number of carbonyl (C=O) groups is 2. The molecule has 180 valence electrons. The Kier molecular flexibility index (Phi) is 6.19. The number of nitrogens with zero attached hydrogens (tertiary/aromatic N) is 1. The van der Waals surface area contributed by atoms with Crippen molar-refractivity contribution in [3.63, 3.8) is 0 Å². The maximum Gasteiger partial charge on any atom is 0.323 e. The molecule has 1 aromatic carbocycles. The van der Waals surface area contributed by atoms with Crippen molar-refractivity contribution in [1.29, 1.82) is 0 Å². The highest BCUT2D eigenvalue weighted by molar-refractivity contribution is 7.95. The smallest absolute Gasteiger partial charge is 0.323 e. The second kappa shape index (κ2) is 8.69. The standard InChI is InChI=1S/C27H31NO5S/c1-17-9-8-12-24(34(32,33)19-10-6-5-7-11-19)20(17)13-21-18(2)28(16-25(30)31)22-14-27(3,4)15-23(29)26(21)22/h5-12,17,20H,13-16H2,1-4H3,(H,30,31). The lowest BCUT2D eigenvalue weighted by molar-refractivity contribution is -0.137. The van der Waals surface area contributed by atoms with Gasteiger partial charge in [0.15, 0.2) is 5.78 Å². The zero-order valence-electron chi connectivity index (χ0n) is 20.0. The summed E-state index contributed by atoms with van der Waals surface area (Å²) < 4.78 is 28.9. The van der Waals surface area contributed by atoms with Gasteiger partial charge in [-0.2, -0.15) is 0 Å². The number of aliphatic carboxylic acids is 1. The van der Waals surface area contributed by atoms with E-state index in [0.717, 1.165) is 17.0 Å². The van der Waals surface area contributed by atoms with E-state index >= 15 is 0 Å². The predicted molar refractivity (Wildman–Crippen MR) is 130 cm³/mol. The fourth-order valence-electron chi connectivity index (χ4n) is 5.38. The van der Waals surface area contributed by atoms with Gasteiger partial charge < -0.3 is 9.67 Å². The molecule has 0 bridgehead atoms. The van der Waals surface area contributed by atoms with Crippen molar-refractivity contribution in [2.75, 3.05) is 0 Å². The highest BCUT2D eigenvalue weighted by Gasteiger charge is 2.39. The molecule has 7 heteroatoms. The highest BCUT2D eigenvalue weighted by atomic mass is 32.2. The van der Waals surface area contributed by atoms with Crippen LogP contribution in [0.5, 0.6) is 0 Å². The number of Topliss-reactive ketones (excluding diaryl/α,β-unsaturated/α-hetero) is 1. The first-order chi connectivity index (χ1) is 15.9. The van der Waals surface area contributed by atoms with Crippen LogP contribution in [0.3, 0.4) is 0 Å². The second-order valence-corrected chi connectivity index (χ2v) is 12.2. The Morgan fingerprint density at radius 3 is 2.50 bits per heavy atom. The Bertz CT molecular complexity index is 1310. The van der Waals surface area contributed by atoms with Crippen LogP contribution >= 0.6 is 0 Å². The summed E-state index contributed by atoms with van der Waals surface area (Å²) in [6, 6.07) is 8.38. The van der Waals surface area contributed by atoms with E-state index in [-0.39, 0.29) is 34.5 Å². The molecular weight excluding hydrogens is 450 g/mol. The molecule has 0 saturated carbocycles. The van der Waals surface area contributed by atoms with Crippen molar-refractivity contribution < 1.29 is 23.1 Å². The Labute approximate surface area is 200 Å². The average molecular weight is 482 g/mol. The number of aromatic nitrogens is 1. The van der Waals surface area contributed by atoms with Crippen molar-refractivity contribution in [2.45, 2.75) is 58.4 Å². The van der Waals surface area contributed by atoms with Crippen LogP contribution in [0.2, 0.25) is 0 Å². The van der Waals surface area contributed by atoms with E-state index in [1.807, 2.05) is 33.8 Å². The van der Waals surface area contributed by atoms with Crippen molar-refractivity contribution in [1.82, 2.24) is 4.57 Å². The molecule has 0 spiro atoms. The van der Waals surface area contributed by atoms with E-state index in [9.17, 15) is 23.1 Å². The van der Waals surface area contributed by atoms with Crippen LogP contribution in [0.15, 0.2) is 58.4 Å². The van der Waals surface area contributed by atoms with Gasteiger partial charge in [0.2, 0.25) is 9.84 Å². The van der Waals surface area contributed by atoms with Crippen LogP contribution in [0.1, 0.15) is 54.5 Å². The molecule has 1 N–H and O–H groups in total. The Morgan fingerprint density at radius 2 is 1.85 bits per heavy atom. The van der Waals surface area contributed by atoms with E-state index in [1.165, 1.54) is 0 Å². The molecule has 2 aliphatic rings. The van der Waals surface area contributed by atoms with Gasteiger partial charge in [0.1, 0.15) is 6.54 Å². The van der Waals surface area contributed by atoms with Crippen LogP contribution in [-0.4, -0.2) is 29.8 Å². The van der Waals surface area contributed by atoms with Gasteiger partial charge in [-0.15, -0.1) is 0 Å². The first-order valence-corrected chi connectivity index (χ1v) is 13.0. The summed E-state index contributed by atoms with van der Waals surface area (Å²) in [4.78, 5) is 25.5. The Morgan fingerprint density at radius 1 is 1.18 bits per heavy atom. The fraction of sp³-hybridized carbons (Fsp3) is 0.407. The third kappa shape index (κ3) is 4.29. The van der Waals surface area contributed by atoms with Gasteiger partial charge in [0.25, 0.3) is 0 Å². The number of carboxylic acids is 1. The number of hydrogen-bond donors (Lipinski definition) is 1.